The number of benzene rings is 2. The van der Waals surface area contributed by atoms with Crippen LogP contribution in [0.15, 0.2) is 54.6 Å². The van der Waals surface area contributed by atoms with Crippen LogP contribution in [0.1, 0.15) is 25.7 Å². The zero-order valence-electron chi connectivity index (χ0n) is 18.2. The third kappa shape index (κ3) is 5.65. The number of hydrogen-bond acceptors (Lipinski definition) is 4. The van der Waals surface area contributed by atoms with Crippen molar-refractivity contribution in [1.29, 1.82) is 0 Å². The van der Waals surface area contributed by atoms with Crippen molar-refractivity contribution in [3.8, 4) is 5.75 Å². The monoisotopic (exact) mass is 439 g/mol. The predicted molar refractivity (Wildman–Crippen MR) is 121 cm³/mol. The molecule has 1 N–H and O–H groups in total. The van der Waals surface area contributed by atoms with Crippen molar-refractivity contribution < 1.29 is 18.7 Å². The first-order valence-electron chi connectivity index (χ1n) is 11.4. The number of halogens is 1. The molecule has 2 fully saturated rings. The molecule has 0 radical (unpaired) electrons. The van der Waals surface area contributed by atoms with E-state index in [1.807, 2.05) is 35.2 Å². The van der Waals surface area contributed by atoms with Crippen molar-refractivity contribution in [3.05, 3.63) is 60.4 Å². The lowest BCUT2D eigenvalue weighted by molar-refractivity contribution is -0.136. The minimum atomic E-state index is -0.327. The van der Waals surface area contributed by atoms with E-state index in [4.69, 9.17) is 4.74 Å². The number of piperazine rings is 1. The predicted octanol–water partition coefficient (Wildman–Crippen LogP) is 3.55. The first kappa shape index (κ1) is 22.3. The summed E-state index contributed by atoms with van der Waals surface area (Å²) in [4.78, 5) is 29.8. The smallest absolute Gasteiger partial charge is 0.260 e. The SMILES string of the molecule is O=C(Nc1ccc(F)cc1)[C@H](C1CCCC1)N1CCN(C(=O)COc2ccccc2)CC1. The number of para-hydroxylation sites is 1. The molecule has 1 saturated carbocycles. The topological polar surface area (TPSA) is 61.9 Å². The summed E-state index contributed by atoms with van der Waals surface area (Å²) in [5.41, 5.74) is 0.603. The summed E-state index contributed by atoms with van der Waals surface area (Å²) < 4.78 is 18.8. The summed E-state index contributed by atoms with van der Waals surface area (Å²) in [6.07, 6.45) is 4.34. The van der Waals surface area contributed by atoms with Gasteiger partial charge in [0.1, 0.15) is 11.6 Å². The number of carbonyl (C=O) groups is 2. The van der Waals surface area contributed by atoms with Crippen LogP contribution in [0.25, 0.3) is 0 Å². The van der Waals surface area contributed by atoms with Crippen LogP contribution in [0, 0.1) is 11.7 Å². The summed E-state index contributed by atoms with van der Waals surface area (Å²) in [5.74, 6) is 0.571. The highest BCUT2D eigenvalue weighted by Crippen LogP contribution is 2.31. The van der Waals surface area contributed by atoms with E-state index in [0.29, 0.717) is 43.5 Å². The summed E-state index contributed by atoms with van der Waals surface area (Å²) >= 11 is 0. The molecule has 6 nitrogen and oxygen atoms in total. The fourth-order valence-corrected chi connectivity index (χ4v) is 4.70. The number of amides is 2. The Morgan fingerprint density at radius 1 is 0.969 bits per heavy atom. The molecule has 1 aliphatic heterocycles. The van der Waals surface area contributed by atoms with Crippen LogP contribution < -0.4 is 10.1 Å². The van der Waals surface area contributed by atoms with Gasteiger partial charge < -0.3 is 15.0 Å². The molecule has 4 rings (SSSR count). The minimum Gasteiger partial charge on any atom is -0.484 e. The number of rotatable bonds is 7. The second-order valence-corrected chi connectivity index (χ2v) is 8.50. The van der Waals surface area contributed by atoms with Crippen LogP contribution in [-0.4, -0.2) is 60.4 Å². The minimum absolute atomic E-state index is 0.0150. The van der Waals surface area contributed by atoms with Crippen molar-refractivity contribution in [2.75, 3.05) is 38.1 Å². The van der Waals surface area contributed by atoms with Crippen LogP contribution in [-0.2, 0) is 9.59 Å². The van der Waals surface area contributed by atoms with E-state index >= 15 is 0 Å². The maximum Gasteiger partial charge on any atom is 0.260 e. The van der Waals surface area contributed by atoms with Gasteiger partial charge in [-0.3, -0.25) is 14.5 Å². The van der Waals surface area contributed by atoms with E-state index in [-0.39, 0.29) is 30.3 Å². The van der Waals surface area contributed by atoms with Gasteiger partial charge in [0.15, 0.2) is 6.61 Å². The van der Waals surface area contributed by atoms with Gasteiger partial charge >= 0.3 is 0 Å². The number of nitrogens with one attached hydrogen (secondary N) is 1. The maximum absolute atomic E-state index is 13.2. The zero-order chi connectivity index (χ0) is 22.3. The van der Waals surface area contributed by atoms with Crippen LogP contribution in [0.5, 0.6) is 5.75 Å². The quantitative estimate of drug-likeness (QED) is 0.717. The molecule has 2 aromatic carbocycles. The molecule has 32 heavy (non-hydrogen) atoms. The Morgan fingerprint density at radius 3 is 2.28 bits per heavy atom. The molecule has 7 heteroatoms. The standard InChI is InChI=1S/C25H30FN3O3/c26-20-10-12-21(13-11-20)27-25(31)24(19-6-4-5-7-19)29-16-14-28(15-17-29)23(30)18-32-22-8-2-1-3-9-22/h1-3,8-13,19,24H,4-7,14-18H2,(H,27,31)/t24-/m0/s1. The molecule has 0 bridgehead atoms. The third-order valence-corrected chi connectivity index (χ3v) is 6.39. The molecule has 0 aromatic heterocycles. The normalized spacial score (nSPS) is 18.3. The molecule has 2 aromatic rings. The Hall–Kier alpha value is -2.93. The molecular formula is C25H30FN3O3. The number of hydrogen-bond donors (Lipinski definition) is 1. The zero-order valence-corrected chi connectivity index (χ0v) is 18.2. The summed E-state index contributed by atoms with van der Waals surface area (Å²) in [6, 6.07) is 14.9. The van der Waals surface area contributed by atoms with Gasteiger partial charge in [0.25, 0.3) is 5.91 Å². The van der Waals surface area contributed by atoms with E-state index in [9.17, 15) is 14.0 Å². The van der Waals surface area contributed by atoms with Gasteiger partial charge in [-0.1, -0.05) is 31.0 Å². The molecule has 1 aliphatic carbocycles. The Bertz CT molecular complexity index is 892. The van der Waals surface area contributed by atoms with Gasteiger partial charge in [0, 0.05) is 31.9 Å². The van der Waals surface area contributed by atoms with E-state index in [1.165, 1.54) is 12.1 Å². The van der Waals surface area contributed by atoms with Gasteiger partial charge in [0.05, 0.1) is 6.04 Å². The van der Waals surface area contributed by atoms with Crippen molar-refractivity contribution in [1.82, 2.24) is 9.80 Å². The van der Waals surface area contributed by atoms with E-state index in [0.717, 1.165) is 25.7 Å². The van der Waals surface area contributed by atoms with E-state index in [2.05, 4.69) is 10.2 Å². The average Bonchev–Trinajstić information content (AvgIpc) is 3.34. The van der Waals surface area contributed by atoms with Gasteiger partial charge in [-0.05, 0) is 55.2 Å². The second kappa shape index (κ2) is 10.6. The van der Waals surface area contributed by atoms with Gasteiger partial charge in [-0.25, -0.2) is 4.39 Å². The van der Waals surface area contributed by atoms with E-state index < -0.39 is 0 Å². The Labute approximate surface area is 188 Å². The van der Waals surface area contributed by atoms with Crippen molar-refractivity contribution in [2.45, 2.75) is 31.7 Å². The average molecular weight is 440 g/mol. The molecule has 1 heterocycles. The number of anilines is 1. The van der Waals surface area contributed by atoms with E-state index in [1.54, 1.807) is 12.1 Å². The van der Waals surface area contributed by atoms with Crippen LogP contribution >= 0.6 is 0 Å². The lowest BCUT2D eigenvalue weighted by Gasteiger charge is -2.40. The fourth-order valence-electron chi connectivity index (χ4n) is 4.70. The lowest BCUT2D eigenvalue weighted by Crippen LogP contribution is -2.57. The highest BCUT2D eigenvalue weighted by molar-refractivity contribution is 5.95. The molecule has 2 aliphatic rings. The fraction of sp³-hybridized carbons (Fsp3) is 0.440. The van der Waals surface area contributed by atoms with Gasteiger partial charge in [-0.2, -0.15) is 0 Å². The van der Waals surface area contributed by atoms with Crippen LogP contribution in [0.2, 0.25) is 0 Å². The second-order valence-electron chi connectivity index (χ2n) is 8.50. The maximum atomic E-state index is 13.2. The highest BCUT2D eigenvalue weighted by Gasteiger charge is 2.37. The van der Waals surface area contributed by atoms with Gasteiger partial charge in [-0.15, -0.1) is 0 Å². The molecule has 1 atom stereocenters. The highest BCUT2D eigenvalue weighted by atomic mass is 19.1. The van der Waals surface area contributed by atoms with Crippen molar-refractivity contribution in [3.63, 3.8) is 0 Å². The number of carbonyl (C=O) groups excluding carboxylic acids is 2. The first-order valence-corrected chi connectivity index (χ1v) is 11.4. The molecule has 2 amide bonds. The summed E-state index contributed by atoms with van der Waals surface area (Å²) in [5, 5.41) is 2.97. The Kier molecular flexibility index (Phi) is 7.37. The number of nitrogens with zero attached hydrogens (tertiary/aromatic N) is 2. The van der Waals surface area contributed by atoms with Crippen molar-refractivity contribution >= 4 is 17.5 Å². The molecule has 0 spiro atoms. The molecule has 1 saturated heterocycles. The largest absolute Gasteiger partial charge is 0.484 e. The summed E-state index contributed by atoms with van der Waals surface area (Å²) in [6.45, 7) is 2.46. The lowest BCUT2D eigenvalue weighted by atomic mass is 9.95. The molecular weight excluding hydrogens is 409 g/mol. The van der Waals surface area contributed by atoms with Gasteiger partial charge in [0.2, 0.25) is 5.91 Å². The number of ether oxygens (including phenoxy) is 1. The summed E-state index contributed by atoms with van der Waals surface area (Å²) in [7, 11) is 0. The molecule has 0 unspecified atom stereocenters. The molecule has 170 valence electrons. The van der Waals surface area contributed by atoms with Crippen LogP contribution in [0.4, 0.5) is 10.1 Å². The third-order valence-electron chi connectivity index (χ3n) is 6.39. The Balaban J connectivity index is 1.34. The van der Waals surface area contributed by atoms with Crippen LogP contribution in [0.3, 0.4) is 0 Å². The first-order chi connectivity index (χ1) is 15.6. The Morgan fingerprint density at radius 2 is 1.62 bits per heavy atom. The van der Waals surface area contributed by atoms with Crippen molar-refractivity contribution in [2.24, 2.45) is 5.92 Å².